The van der Waals surface area contributed by atoms with Gasteiger partial charge in [0.25, 0.3) is 0 Å². The van der Waals surface area contributed by atoms with E-state index in [1.54, 1.807) is 0 Å². The summed E-state index contributed by atoms with van der Waals surface area (Å²) in [6.45, 7) is 0.326. The predicted molar refractivity (Wildman–Crippen MR) is 43.3 cm³/mol. The highest BCUT2D eigenvalue weighted by molar-refractivity contribution is 5.29. The molecule has 12 heavy (non-hydrogen) atoms. The van der Waals surface area contributed by atoms with E-state index in [0.717, 1.165) is 24.1 Å². The van der Waals surface area contributed by atoms with Gasteiger partial charge < -0.3 is 5.73 Å². The number of H-pyrrole nitrogens is 1. The van der Waals surface area contributed by atoms with Gasteiger partial charge in [-0.15, -0.1) is 0 Å². The van der Waals surface area contributed by atoms with E-state index in [4.69, 9.17) is 5.73 Å². The van der Waals surface area contributed by atoms with Crippen LogP contribution in [0.5, 0.6) is 0 Å². The number of hydrogen-bond donors (Lipinski definition) is 2. The highest BCUT2D eigenvalue weighted by Crippen LogP contribution is 2.33. The molecule has 0 aromatic carbocycles. The lowest BCUT2D eigenvalue weighted by molar-refractivity contribution is 0.300. The number of aryl methyl sites for hydroxylation is 1. The van der Waals surface area contributed by atoms with Crippen molar-refractivity contribution >= 4 is 0 Å². The minimum atomic E-state index is -0.856. The molecule has 3 nitrogen and oxygen atoms in total. The lowest BCUT2D eigenvalue weighted by Gasteiger charge is -2.15. The molecule has 2 rings (SSSR count). The Morgan fingerprint density at radius 2 is 2.50 bits per heavy atom. The fourth-order valence-corrected chi connectivity index (χ4v) is 1.75. The molecule has 3 N–H and O–H groups in total. The minimum Gasteiger partial charge on any atom is -0.325 e. The van der Waals surface area contributed by atoms with Crippen molar-refractivity contribution in [2.45, 2.75) is 32.0 Å². The predicted octanol–water partition coefficient (Wildman–Crippen LogP) is 1.22. The number of halogens is 1. The van der Waals surface area contributed by atoms with Gasteiger partial charge in [0.05, 0.1) is 5.69 Å². The number of rotatable bonds is 1. The topological polar surface area (TPSA) is 54.7 Å². The zero-order valence-electron chi connectivity index (χ0n) is 6.81. The maximum absolute atomic E-state index is 13.3. The van der Waals surface area contributed by atoms with Crippen molar-refractivity contribution in [2.75, 3.05) is 0 Å². The van der Waals surface area contributed by atoms with Gasteiger partial charge >= 0.3 is 0 Å². The summed E-state index contributed by atoms with van der Waals surface area (Å²) in [6.07, 6.45) is 1.56. The molecule has 0 saturated carbocycles. The Morgan fingerprint density at radius 1 is 1.67 bits per heavy atom. The fraction of sp³-hybridized carbons (Fsp3) is 0.625. The largest absolute Gasteiger partial charge is 0.325 e. The van der Waals surface area contributed by atoms with Gasteiger partial charge in [-0.1, -0.05) is 0 Å². The molecule has 0 radical (unpaired) electrons. The van der Waals surface area contributed by atoms with Crippen LogP contribution in [-0.2, 0) is 13.0 Å². The van der Waals surface area contributed by atoms with Crippen molar-refractivity contribution in [3.8, 4) is 0 Å². The summed E-state index contributed by atoms with van der Waals surface area (Å²) in [4.78, 5) is 0. The lowest BCUT2D eigenvalue weighted by atomic mass is 9.94. The average Bonchev–Trinajstić information content (AvgIpc) is 2.49. The summed E-state index contributed by atoms with van der Waals surface area (Å²) in [5, 5.41) is 6.81. The smallest absolute Gasteiger partial charge is 0.129 e. The van der Waals surface area contributed by atoms with E-state index < -0.39 is 6.17 Å². The highest BCUT2D eigenvalue weighted by atomic mass is 19.1. The van der Waals surface area contributed by atoms with Crippen molar-refractivity contribution in [3.05, 3.63) is 17.0 Å². The van der Waals surface area contributed by atoms with Gasteiger partial charge in [-0.3, -0.25) is 5.10 Å². The zero-order valence-corrected chi connectivity index (χ0v) is 6.81. The Balaban J connectivity index is 2.43. The van der Waals surface area contributed by atoms with Gasteiger partial charge in [-0.25, -0.2) is 4.39 Å². The molecule has 1 aliphatic carbocycles. The van der Waals surface area contributed by atoms with Crippen LogP contribution in [0.3, 0.4) is 0 Å². The quantitative estimate of drug-likeness (QED) is 0.664. The van der Waals surface area contributed by atoms with Crippen LogP contribution in [-0.4, -0.2) is 10.2 Å². The van der Waals surface area contributed by atoms with E-state index in [2.05, 4.69) is 10.2 Å². The molecule has 66 valence electrons. The third kappa shape index (κ3) is 1.03. The lowest BCUT2D eigenvalue weighted by Crippen LogP contribution is -2.08. The second kappa shape index (κ2) is 2.86. The summed E-state index contributed by atoms with van der Waals surface area (Å²) in [5.41, 5.74) is 7.79. The van der Waals surface area contributed by atoms with Gasteiger partial charge in [0, 0.05) is 17.8 Å². The maximum Gasteiger partial charge on any atom is 0.129 e. The van der Waals surface area contributed by atoms with Gasteiger partial charge in [0.1, 0.15) is 6.17 Å². The van der Waals surface area contributed by atoms with Crippen LogP contribution in [0.1, 0.15) is 36.0 Å². The summed E-state index contributed by atoms with van der Waals surface area (Å²) in [6, 6.07) is 0. The standard InChI is InChI=1S/C8H12FN3/c9-5-2-1-3-6-8(5)7(4-10)12-11-6/h5H,1-4,10H2,(H,11,12). The molecule has 1 aliphatic rings. The molecular formula is C8H12FN3. The van der Waals surface area contributed by atoms with Crippen molar-refractivity contribution in [3.63, 3.8) is 0 Å². The summed E-state index contributed by atoms with van der Waals surface area (Å²) in [7, 11) is 0. The number of nitrogens with two attached hydrogens (primary N) is 1. The first-order valence-electron chi connectivity index (χ1n) is 4.23. The number of fused-ring (bicyclic) bond motifs is 1. The number of nitrogens with one attached hydrogen (secondary N) is 1. The Labute approximate surface area is 70.2 Å². The van der Waals surface area contributed by atoms with Crippen LogP contribution in [0.2, 0.25) is 0 Å². The molecule has 4 heteroatoms. The van der Waals surface area contributed by atoms with E-state index in [1.165, 1.54) is 0 Å². The fourth-order valence-electron chi connectivity index (χ4n) is 1.75. The summed E-state index contributed by atoms with van der Waals surface area (Å²) < 4.78 is 13.3. The summed E-state index contributed by atoms with van der Waals surface area (Å²) >= 11 is 0. The van der Waals surface area contributed by atoms with Gasteiger partial charge in [-0.05, 0) is 19.3 Å². The second-order valence-electron chi connectivity index (χ2n) is 3.13. The molecule has 0 amide bonds. The maximum atomic E-state index is 13.3. The molecule has 1 aromatic rings. The normalized spacial score (nSPS) is 22.3. The molecule has 1 aromatic heterocycles. The van der Waals surface area contributed by atoms with Gasteiger partial charge in [0.15, 0.2) is 0 Å². The number of hydrogen-bond acceptors (Lipinski definition) is 2. The van der Waals surface area contributed by atoms with E-state index in [1.807, 2.05) is 0 Å². The molecule has 1 atom stereocenters. The van der Waals surface area contributed by atoms with E-state index in [0.29, 0.717) is 18.7 Å². The van der Waals surface area contributed by atoms with Crippen LogP contribution in [0, 0.1) is 0 Å². The number of alkyl halides is 1. The molecule has 0 saturated heterocycles. The molecular weight excluding hydrogens is 157 g/mol. The monoisotopic (exact) mass is 169 g/mol. The first kappa shape index (κ1) is 7.73. The zero-order chi connectivity index (χ0) is 8.55. The highest BCUT2D eigenvalue weighted by Gasteiger charge is 2.24. The third-order valence-electron chi connectivity index (χ3n) is 2.35. The Bertz CT molecular complexity index is 268. The van der Waals surface area contributed by atoms with Crippen molar-refractivity contribution in [2.24, 2.45) is 5.73 Å². The van der Waals surface area contributed by atoms with Crippen LogP contribution < -0.4 is 5.73 Å². The summed E-state index contributed by atoms with van der Waals surface area (Å²) in [5.74, 6) is 0. The van der Waals surface area contributed by atoms with Crippen molar-refractivity contribution < 1.29 is 4.39 Å². The van der Waals surface area contributed by atoms with Crippen LogP contribution in [0.4, 0.5) is 4.39 Å². The first-order chi connectivity index (χ1) is 5.83. The van der Waals surface area contributed by atoms with E-state index >= 15 is 0 Å². The molecule has 0 spiro atoms. The molecule has 0 fully saturated rings. The third-order valence-corrected chi connectivity index (χ3v) is 2.35. The first-order valence-corrected chi connectivity index (χ1v) is 4.23. The average molecular weight is 169 g/mol. The van der Waals surface area contributed by atoms with Crippen molar-refractivity contribution in [1.29, 1.82) is 0 Å². The van der Waals surface area contributed by atoms with Crippen LogP contribution in [0.15, 0.2) is 0 Å². The Morgan fingerprint density at radius 3 is 3.25 bits per heavy atom. The van der Waals surface area contributed by atoms with Crippen molar-refractivity contribution in [1.82, 2.24) is 10.2 Å². The van der Waals surface area contributed by atoms with Gasteiger partial charge in [0.2, 0.25) is 0 Å². The van der Waals surface area contributed by atoms with Crippen LogP contribution in [0.25, 0.3) is 0 Å². The minimum absolute atomic E-state index is 0.326. The molecule has 1 heterocycles. The number of aromatic nitrogens is 2. The van der Waals surface area contributed by atoms with E-state index in [-0.39, 0.29) is 0 Å². The molecule has 1 unspecified atom stereocenters. The number of nitrogens with zero attached hydrogens (tertiary/aromatic N) is 1. The Kier molecular flexibility index (Phi) is 1.84. The number of aromatic amines is 1. The van der Waals surface area contributed by atoms with Crippen LogP contribution >= 0.6 is 0 Å². The molecule has 0 bridgehead atoms. The second-order valence-corrected chi connectivity index (χ2v) is 3.13. The van der Waals surface area contributed by atoms with Gasteiger partial charge in [-0.2, -0.15) is 5.10 Å². The van der Waals surface area contributed by atoms with E-state index in [9.17, 15) is 4.39 Å². The Hall–Kier alpha value is -0.900. The molecule has 0 aliphatic heterocycles. The SMILES string of the molecule is NCc1n[nH]c2c1C(F)CCC2.